The van der Waals surface area contributed by atoms with Gasteiger partial charge in [0.1, 0.15) is 0 Å². The quantitative estimate of drug-likeness (QED) is 0.653. The number of benzene rings is 2. The zero-order valence-corrected chi connectivity index (χ0v) is 17.6. The fourth-order valence-corrected chi connectivity index (χ4v) is 4.20. The van der Waals surface area contributed by atoms with E-state index >= 15 is 0 Å². The van der Waals surface area contributed by atoms with Gasteiger partial charge < -0.3 is 0 Å². The van der Waals surface area contributed by atoms with Gasteiger partial charge in [0.25, 0.3) is 0 Å². The van der Waals surface area contributed by atoms with Gasteiger partial charge in [-0.3, -0.25) is 4.90 Å². The molecule has 0 amide bonds. The Hall–Kier alpha value is -2.24. The summed E-state index contributed by atoms with van der Waals surface area (Å²) in [6.45, 7) is 10.3. The lowest BCUT2D eigenvalue weighted by Gasteiger charge is -2.37. The summed E-state index contributed by atoms with van der Waals surface area (Å²) in [7, 11) is 0. The number of fused-ring (bicyclic) bond motifs is 1. The molecule has 1 aromatic heterocycles. The third-order valence-corrected chi connectivity index (χ3v) is 5.67. The van der Waals surface area contributed by atoms with Crippen LogP contribution in [-0.4, -0.2) is 31.7 Å². The summed E-state index contributed by atoms with van der Waals surface area (Å²) in [5.41, 5.74) is 4.95. The summed E-state index contributed by atoms with van der Waals surface area (Å²) < 4.78 is 1.96. The molecule has 1 atom stereocenters. The van der Waals surface area contributed by atoms with Gasteiger partial charge in [0, 0.05) is 18.1 Å². The summed E-state index contributed by atoms with van der Waals surface area (Å²) in [6, 6.07) is 14.7. The van der Waals surface area contributed by atoms with Gasteiger partial charge in [-0.05, 0) is 78.9 Å². The third kappa shape index (κ3) is 3.56. The number of aromatic nitrogens is 4. The van der Waals surface area contributed by atoms with Crippen LogP contribution in [0.25, 0.3) is 0 Å². The van der Waals surface area contributed by atoms with Crippen LogP contribution in [0.15, 0.2) is 42.5 Å². The van der Waals surface area contributed by atoms with Crippen molar-refractivity contribution < 1.29 is 0 Å². The van der Waals surface area contributed by atoms with Gasteiger partial charge in [0.2, 0.25) is 0 Å². The zero-order valence-electron chi connectivity index (χ0n) is 16.9. The van der Waals surface area contributed by atoms with Crippen LogP contribution in [0.2, 0.25) is 5.02 Å². The fraction of sp³-hybridized carbons (Fsp3) is 0.409. The smallest absolute Gasteiger partial charge is 0.173 e. The molecule has 6 heteroatoms. The maximum atomic E-state index is 6.28. The SMILES string of the molecule is Cc1ccccc1C(c1nnnn1C(C)(C)C)N1CCc2ccc(Cl)cc2C1. The normalized spacial score (nSPS) is 16.0. The molecular formula is C22H26ClN5. The summed E-state index contributed by atoms with van der Waals surface area (Å²) in [5, 5.41) is 13.6. The Kier molecular flexibility index (Phi) is 4.98. The minimum absolute atomic E-state index is 0.0115. The maximum Gasteiger partial charge on any atom is 0.173 e. The lowest BCUT2D eigenvalue weighted by Crippen LogP contribution is -2.38. The van der Waals surface area contributed by atoms with E-state index < -0.39 is 0 Å². The maximum absolute atomic E-state index is 6.28. The molecule has 0 radical (unpaired) electrons. The van der Waals surface area contributed by atoms with E-state index in [4.69, 9.17) is 11.6 Å². The molecule has 2 aromatic carbocycles. The molecular weight excluding hydrogens is 370 g/mol. The topological polar surface area (TPSA) is 46.8 Å². The van der Waals surface area contributed by atoms with Crippen molar-refractivity contribution in [2.75, 3.05) is 6.54 Å². The molecule has 0 bridgehead atoms. The van der Waals surface area contributed by atoms with Gasteiger partial charge in [-0.15, -0.1) is 5.10 Å². The lowest BCUT2D eigenvalue weighted by atomic mass is 9.93. The summed E-state index contributed by atoms with van der Waals surface area (Å²) in [6.07, 6.45) is 0.992. The summed E-state index contributed by atoms with van der Waals surface area (Å²) >= 11 is 6.28. The second kappa shape index (κ2) is 7.30. The van der Waals surface area contributed by atoms with E-state index in [0.29, 0.717) is 0 Å². The van der Waals surface area contributed by atoms with Crippen molar-refractivity contribution in [1.82, 2.24) is 25.1 Å². The van der Waals surface area contributed by atoms with Gasteiger partial charge in [-0.2, -0.15) is 0 Å². The van der Waals surface area contributed by atoms with Crippen molar-refractivity contribution in [2.24, 2.45) is 0 Å². The molecule has 146 valence electrons. The highest BCUT2D eigenvalue weighted by atomic mass is 35.5. The molecule has 28 heavy (non-hydrogen) atoms. The largest absolute Gasteiger partial charge is 0.285 e. The van der Waals surface area contributed by atoms with Crippen molar-refractivity contribution in [3.8, 4) is 0 Å². The molecule has 0 aliphatic carbocycles. The first kappa shape index (κ1) is 19.1. The molecule has 3 aromatic rings. The molecule has 5 nitrogen and oxygen atoms in total. The van der Waals surface area contributed by atoms with Gasteiger partial charge in [0.05, 0.1) is 11.6 Å². The van der Waals surface area contributed by atoms with Gasteiger partial charge >= 0.3 is 0 Å². The molecule has 0 saturated heterocycles. The standard InChI is InChI=1S/C22H26ClN5/c1-15-7-5-6-8-19(15)20(21-24-25-26-28(21)22(2,3)4)27-12-11-16-9-10-18(23)13-17(16)14-27/h5-10,13,20H,11-12,14H2,1-4H3. The molecule has 0 spiro atoms. The average molecular weight is 396 g/mol. The highest BCUT2D eigenvalue weighted by Gasteiger charge is 2.33. The fourth-order valence-electron chi connectivity index (χ4n) is 4.00. The predicted octanol–water partition coefficient (Wildman–Crippen LogP) is 4.54. The first-order valence-corrected chi connectivity index (χ1v) is 10.1. The van der Waals surface area contributed by atoms with E-state index in [0.717, 1.165) is 30.4 Å². The van der Waals surface area contributed by atoms with E-state index in [9.17, 15) is 0 Å². The Labute approximate surface area is 171 Å². The van der Waals surface area contributed by atoms with Crippen molar-refractivity contribution in [1.29, 1.82) is 0 Å². The molecule has 2 heterocycles. The molecule has 1 aliphatic heterocycles. The monoisotopic (exact) mass is 395 g/mol. The number of hydrogen-bond acceptors (Lipinski definition) is 4. The molecule has 4 rings (SSSR count). The Morgan fingerprint density at radius 3 is 2.61 bits per heavy atom. The Balaban J connectivity index is 1.82. The Morgan fingerprint density at radius 1 is 1.07 bits per heavy atom. The number of tetrazole rings is 1. The van der Waals surface area contributed by atoms with Crippen LogP contribution in [0.1, 0.15) is 54.9 Å². The van der Waals surface area contributed by atoms with Crippen LogP contribution >= 0.6 is 11.6 Å². The van der Waals surface area contributed by atoms with E-state index in [1.54, 1.807) is 0 Å². The van der Waals surface area contributed by atoms with Crippen LogP contribution in [-0.2, 0) is 18.5 Å². The minimum Gasteiger partial charge on any atom is -0.285 e. The molecule has 1 aliphatic rings. The van der Waals surface area contributed by atoms with Crippen LogP contribution in [0, 0.1) is 6.92 Å². The van der Waals surface area contributed by atoms with Crippen LogP contribution < -0.4 is 0 Å². The Bertz CT molecular complexity index is 989. The first-order valence-electron chi connectivity index (χ1n) is 9.70. The van der Waals surface area contributed by atoms with E-state index in [1.807, 2.05) is 10.7 Å². The number of nitrogens with zero attached hydrogens (tertiary/aromatic N) is 5. The average Bonchev–Trinajstić information content (AvgIpc) is 3.13. The van der Waals surface area contributed by atoms with Crippen molar-refractivity contribution >= 4 is 11.6 Å². The molecule has 0 N–H and O–H groups in total. The van der Waals surface area contributed by atoms with E-state index in [-0.39, 0.29) is 11.6 Å². The second-order valence-corrected chi connectivity index (χ2v) is 8.95. The van der Waals surface area contributed by atoms with Gasteiger partial charge in [0.15, 0.2) is 5.82 Å². The van der Waals surface area contributed by atoms with Crippen molar-refractivity contribution in [3.05, 3.63) is 75.6 Å². The summed E-state index contributed by atoms with van der Waals surface area (Å²) in [5.74, 6) is 0.882. The Morgan fingerprint density at radius 2 is 1.86 bits per heavy atom. The predicted molar refractivity (Wildman–Crippen MR) is 111 cm³/mol. The van der Waals surface area contributed by atoms with Gasteiger partial charge in [-0.1, -0.05) is 41.9 Å². The van der Waals surface area contributed by atoms with Crippen molar-refractivity contribution in [2.45, 2.75) is 52.2 Å². The van der Waals surface area contributed by atoms with Crippen LogP contribution in [0.4, 0.5) is 0 Å². The van der Waals surface area contributed by atoms with Crippen molar-refractivity contribution in [3.63, 3.8) is 0 Å². The lowest BCUT2D eigenvalue weighted by molar-refractivity contribution is 0.185. The summed E-state index contributed by atoms with van der Waals surface area (Å²) in [4.78, 5) is 2.47. The highest BCUT2D eigenvalue weighted by molar-refractivity contribution is 6.30. The van der Waals surface area contributed by atoms with Gasteiger partial charge in [-0.25, -0.2) is 4.68 Å². The molecule has 0 fully saturated rings. The zero-order chi connectivity index (χ0) is 19.9. The van der Waals surface area contributed by atoms with Crippen LogP contribution in [0.3, 0.4) is 0 Å². The second-order valence-electron chi connectivity index (χ2n) is 8.51. The third-order valence-electron chi connectivity index (χ3n) is 5.43. The number of halogens is 1. The molecule has 1 unspecified atom stereocenters. The molecule has 0 saturated carbocycles. The van der Waals surface area contributed by atoms with E-state index in [2.05, 4.69) is 84.5 Å². The number of aryl methyl sites for hydroxylation is 1. The van der Waals surface area contributed by atoms with Crippen LogP contribution in [0.5, 0.6) is 0 Å². The van der Waals surface area contributed by atoms with E-state index in [1.165, 1.54) is 22.3 Å². The first-order chi connectivity index (χ1) is 13.3. The minimum atomic E-state index is -0.198. The number of rotatable bonds is 3. The highest BCUT2D eigenvalue weighted by Crippen LogP contribution is 2.35. The number of hydrogen-bond donors (Lipinski definition) is 0.